The molecule has 4 aromatic rings. The molecule has 0 atom stereocenters. The Labute approximate surface area is 172 Å². The molecule has 0 aliphatic carbocycles. The fourth-order valence-electron chi connectivity index (χ4n) is 2.77. The van der Waals surface area contributed by atoms with Crippen LogP contribution in [0.5, 0.6) is 0 Å². The molecule has 0 spiro atoms. The number of halogens is 1. The van der Waals surface area contributed by atoms with E-state index >= 15 is 0 Å². The Bertz CT molecular complexity index is 1210. The summed E-state index contributed by atoms with van der Waals surface area (Å²) in [5, 5.41) is 7.19. The molecule has 0 aliphatic heterocycles. The van der Waals surface area contributed by atoms with Crippen LogP contribution in [-0.2, 0) is 6.42 Å². The molecule has 4 aromatic heterocycles. The minimum absolute atomic E-state index is 0.116. The van der Waals surface area contributed by atoms with Gasteiger partial charge in [-0.05, 0) is 46.6 Å². The van der Waals surface area contributed by atoms with E-state index < -0.39 is 5.91 Å². The van der Waals surface area contributed by atoms with Gasteiger partial charge >= 0.3 is 0 Å². The number of aryl methyl sites for hydroxylation is 1. The number of nitrogens with zero attached hydrogens (tertiary/aromatic N) is 3. The van der Waals surface area contributed by atoms with Gasteiger partial charge in [0.1, 0.15) is 11.5 Å². The van der Waals surface area contributed by atoms with Gasteiger partial charge in [-0.2, -0.15) is 9.78 Å². The van der Waals surface area contributed by atoms with E-state index in [4.69, 9.17) is 8.83 Å². The maximum atomic E-state index is 12.6. The number of H-pyrrole nitrogens is 1. The molecule has 0 unspecified atom stereocenters. The number of carbonyl (C=O) groups is 1. The first-order valence-electron chi connectivity index (χ1n) is 8.84. The summed E-state index contributed by atoms with van der Waals surface area (Å²) < 4.78 is 12.5. The van der Waals surface area contributed by atoms with Crippen LogP contribution in [0.25, 0.3) is 17.4 Å². The Morgan fingerprint density at radius 1 is 1.31 bits per heavy atom. The second-order valence-corrected chi connectivity index (χ2v) is 6.95. The van der Waals surface area contributed by atoms with Crippen molar-refractivity contribution in [1.29, 1.82) is 0 Å². The van der Waals surface area contributed by atoms with Crippen molar-refractivity contribution in [3.05, 3.63) is 69.1 Å². The van der Waals surface area contributed by atoms with Crippen LogP contribution >= 0.6 is 15.9 Å². The SMILES string of the molecule is CCCc1cc(=O)[nH]c(-n2nc(-c3ccco3)cc2NC(=O)c2ccc(Br)o2)n1. The molecular formula is C19H16BrN5O4. The first-order valence-corrected chi connectivity index (χ1v) is 9.64. The van der Waals surface area contributed by atoms with Crippen LogP contribution in [0.2, 0.25) is 0 Å². The summed E-state index contributed by atoms with van der Waals surface area (Å²) in [5.41, 5.74) is 0.795. The quantitative estimate of drug-likeness (QED) is 0.454. The minimum atomic E-state index is -0.477. The van der Waals surface area contributed by atoms with Crippen LogP contribution in [0.1, 0.15) is 29.6 Å². The number of rotatable bonds is 6. The molecule has 4 heterocycles. The number of hydrogen-bond acceptors (Lipinski definition) is 6. The zero-order valence-corrected chi connectivity index (χ0v) is 16.9. The van der Waals surface area contributed by atoms with E-state index in [0.717, 1.165) is 6.42 Å². The molecule has 2 N–H and O–H groups in total. The molecule has 148 valence electrons. The van der Waals surface area contributed by atoms with Gasteiger partial charge < -0.3 is 14.2 Å². The predicted octanol–water partition coefficient (Wildman–Crippen LogP) is 3.78. The lowest BCUT2D eigenvalue weighted by atomic mass is 10.2. The maximum absolute atomic E-state index is 12.6. The highest BCUT2D eigenvalue weighted by Crippen LogP contribution is 2.25. The molecule has 0 bridgehead atoms. The number of aromatic amines is 1. The van der Waals surface area contributed by atoms with Crippen LogP contribution in [0.4, 0.5) is 5.82 Å². The average Bonchev–Trinajstić information content (AvgIpc) is 3.41. The first kappa shape index (κ1) is 18.9. The van der Waals surface area contributed by atoms with Crippen LogP contribution in [0.15, 0.2) is 61.0 Å². The molecule has 29 heavy (non-hydrogen) atoms. The van der Waals surface area contributed by atoms with Gasteiger partial charge in [-0.25, -0.2) is 4.98 Å². The molecule has 0 saturated heterocycles. The Morgan fingerprint density at radius 2 is 2.17 bits per heavy atom. The van der Waals surface area contributed by atoms with Gasteiger partial charge in [0.15, 0.2) is 16.2 Å². The maximum Gasteiger partial charge on any atom is 0.292 e. The van der Waals surface area contributed by atoms with Crippen molar-refractivity contribution in [2.45, 2.75) is 19.8 Å². The number of amides is 1. The predicted molar refractivity (Wildman–Crippen MR) is 108 cm³/mol. The van der Waals surface area contributed by atoms with Crippen molar-refractivity contribution in [3.8, 4) is 17.4 Å². The molecule has 0 radical (unpaired) electrons. The van der Waals surface area contributed by atoms with E-state index in [-0.39, 0.29) is 17.3 Å². The van der Waals surface area contributed by atoms with E-state index in [9.17, 15) is 9.59 Å². The average molecular weight is 458 g/mol. The Balaban J connectivity index is 1.78. The number of carbonyl (C=O) groups excluding carboxylic acids is 1. The second-order valence-electron chi connectivity index (χ2n) is 6.17. The minimum Gasteiger partial charge on any atom is -0.463 e. The summed E-state index contributed by atoms with van der Waals surface area (Å²) in [6, 6.07) is 9.70. The zero-order valence-electron chi connectivity index (χ0n) is 15.3. The molecule has 0 saturated carbocycles. The van der Waals surface area contributed by atoms with Gasteiger partial charge in [0.05, 0.1) is 6.26 Å². The number of furan rings is 2. The van der Waals surface area contributed by atoms with E-state index in [1.807, 2.05) is 6.92 Å². The van der Waals surface area contributed by atoms with E-state index in [1.54, 1.807) is 24.3 Å². The van der Waals surface area contributed by atoms with E-state index in [2.05, 4.69) is 36.3 Å². The van der Waals surface area contributed by atoms with E-state index in [0.29, 0.717) is 34.1 Å². The molecular weight excluding hydrogens is 442 g/mol. The van der Waals surface area contributed by atoms with Crippen molar-refractivity contribution < 1.29 is 13.6 Å². The van der Waals surface area contributed by atoms with Crippen LogP contribution in [0.3, 0.4) is 0 Å². The Kier molecular flexibility index (Phi) is 5.17. The third kappa shape index (κ3) is 4.06. The molecule has 0 aliphatic rings. The van der Waals surface area contributed by atoms with Crippen molar-refractivity contribution >= 4 is 27.7 Å². The third-order valence-corrected chi connectivity index (χ3v) is 4.44. The molecule has 0 aromatic carbocycles. The number of anilines is 1. The number of nitrogens with one attached hydrogen (secondary N) is 2. The van der Waals surface area contributed by atoms with Gasteiger partial charge in [0, 0.05) is 17.8 Å². The number of hydrogen-bond donors (Lipinski definition) is 2. The van der Waals surface area contributed by atoms with Crippen molar-refractivity contribution in [3.63, 3.8) is 0 Å². The summed E-state index contributed by atoms with van der Waals surface area (Å²) in [7, 11) is 0. The molecule has 4 rings (SSSR count). The van der Waals surface area contributed by atoms with Gasteiger partial charge in [-0.15, -0.1) is 0 Å². The topological polar surface area (TPSA) is 119 Å². The smallest absolute Gasteiger partial charge is 0.292 e. The van der Waals surface area contributed by atoms with Gasteiger partial charge in [0.25, 0.3) is 11.5 Å². The zero-order chi connectivity index (χ0) is 20.4. The highest BCUT2D eigenvalue weighted by atomic mass is 79.9. The van der Waals surface area contributed by atoms with Crippen molar-refractivity contribution in [1.82, 2.24) is 19.7 Å². The van der Waals surface area contributed by atoms with Crippen LogP contribution in [-0.4, -0.2) is 25.7 Å². The molecule has 10 heteroatoms. The van der Waals surface area contributed by atoms with Crippen LogP contribution < -0.4 is 10.9 Å². The van der Waals surface area contributed by atoms with Crippen molar-refractivity contribution in [2.75, 3.05) is 5.32 Å². The number of aromatic nitrogens is 4. The highest BCUT2D eigenvalue weighted by Gasteiger charge is 2.19. The molecule has 1 amide bonds. The summed E-state index contributed by atoms with van der Waals surface area (Å²) in [4.78, 5) is 31.8. The van der Waals surface area contributed by atoms with Gasteiger partial charge in [-0.3, -0.25) is 14.6 Å². The lowest BCUT2D eigenvalue weighted by Crippen LogP contribution is -2.19. The lowest BCUT2D eigenvalue weighted by Gasteiger charge is -2.08. The van der Waals surface area contributed by atoms with Gasteiger partial charge in [-0.1, -0.05) is 13.3 Å². The fraction of sp³-hybridized carbons (Fsp3) is 0.158. The largest absolute Gasteiger partial charge is 0.463 e. The summed E-state index contributed by atoms with van der Waals surface area (Å²) in [5.74, 6) is 0.632. The Hall–Kier alpha value is -3.40. The fourth-order valence-corrected chi connectivity index (χ4v) is 3.08. The Morgan fingerprint density at radius 3 is 2.86 bits per heavy atom. The first-order chi connectivity index (χ1) is 14.0. The molecule has 9 nitrogen and oxygen atoms in total. The second kappa shape index (κ2) is 7.92. The standard InChI is InChI=1S/C19H16BrN5O4/c1-2-4-11-9-17(26)23-19(21-11)25-16(10-12(24-25)13-5-3-8-28-13)22-18(27)14-6-7-15(20)29-14/h3,5-10H,2,4H2,1H3,(H,22,27)(H,21,23,26). The lowest BCUT2D eigenvalue weighted by molar-refractivity contribution is 0.0994. The summed E-state index contributed by atoms with van der Waals surface area (Å²) in [6.07, 6.45) is 3.00. The van der Waals surface area contributed by atoms with Crippen molar-refractivity contribution in [2.24, 2.45) is 0 Å². The normalized spacial score (nSPS) is 11.0. The highest BCUT2D eigenvalue weighted by molar-refractivity contribution is 9.10. The summed E-state index contributed by atoms with van der Waals surface area (Å²) in [6.45, 7) is 2.00. The van der Waals surface area contributed by atoms with Crippen LogP contribution in [0, 0.1) is 0 Å². The van der Waals surface area contributed by atoms with Gasteiger partial charge in [0.2, 0.25) is 5.95 Å². The summed E-state index contributed by atoms with van der Waals surface area (Å²) >= 11 is 3.17. The monoisotopic (exact) mass is 457 g/mol. The van der Waals surface area contributed by atoms with E-state index in [1.165, 1.54) is 23.1 Å². The third-order valence-electron chi connectivity index (χ3n) is 4.01. The molecule has 0 fully saturated rings.